The molecule has 4 rings (SSSR count). The largest absolute Gasteiger partial charge is 0.748 e. The van der Waals surface area contributed by atoms with Gasteiger partial charge in [-0.05, 0) is 63.5 Å². The first-order valence-corrected chi connectivity index (χ1v) is 22.9. The van der Waals surface area contributed by atoms with Crippen molar-refractivity contribution in [3.8, 4) is 0 Å². The van der Waals surface area contributed by atoms with Crippen LogP contribution in [-0.2, 0) is 57.0 Å². The van der Waals surface area contributed by atoms with Crippen LogP contribution in [0.3, 0.4) is 0 Å². The van der Waals surface area contributed by atoms with Crippen molar-refractivity contribution in [2.75, 3.05) is 36.1 Å². The first kappa shape index (κ1) is 50.3. The number of benzene rings is 2. The van der Waals surface area contributed by atoms with E-state index in [1.54, 1.807) is 43.4 Å². The molecule has 0 saturated heterocycles. The monoisotopic (exact) mass is 902 g/mol. The second kappa shape index (κ2) is 20.9. The van der Waals surface area contributed by atoms with E-state index in [1.807, 2.05) is 68.4 Å². The molecule has 0 aliphatic carbocycles. The maximum absolute atomic E-state index is 13.1. The van der Waals surface area contributed by atoms with E-state index in [-0.39, 0.29) is 38.1 Å². The molecule has 2 heterocycles. The summed E-state index contributed by atoms with van der Waals surface area (Å²) in [6.45, 7) is 12.1. The molecule has 0 saturated carbocycles. The van der Waals surface area contributed by atoms with E-state index in [0.717, 1.165) is 28.2 Å². The van der Waals surface area contributed by atoms with Crippen molar-refractivity contribution in [1.29, 1.82) is 0 Å². The standard InChI is InChI=1S/C37H46N2O10S2.2O3S/c1-7-20-49-35(42)26-14-11-15-28-32(26)36(3,4)30(38(28)18-12-21-50(43,44)45)16-9-8-10-17-31-37(5,6)33-27(34(40)41)23-25(2)24-29(33)39(31)19-13-22-51(46,47)48;2*1-4(2)3/h8-11,14-17,23-24H,7,12-13,18-22H2,1-6H3,(H2-,40,41,43,44,45,46,47,48);;. The van der Waals surface area contributed by atoms with Crippen LogP contribution in [-0.4, -0.2) is 110 Å². The molecule has 2 aromatic rings. The van der Waals surface area contributed by atoms with Gasteiger partial charge in [-0.25, -0.2) is 18.0 Å². The van der Waals surface area contributed by atoms with E-state index in [2.05, 4.69) is 0 Å². The molecule has 324 valence electrons. The zero-order valence-electron chi connectivity index (χ0n) is 33.1. The molecule has 0 amide bonds. The smallest absolute Gasteiger partial charge is 0.425 e. The fraction of sp³-hybridized carbons (Fsp3) is 0.432. The summed E-state index contributed by atoms with van der Waals surface area (Å²) >= 11 is 0. The van der Waals surface area contributed by atoms with Crippen molar-refractivity contribution in [2.45, 2.75) is 71.6 Å². The topological polar surface area (TPSA) is 284 Å². The van der Waals surface area contributed by atoms with Gasteiger partial charge in [0.15, 0.2) is 5.71 Å². The molecule has 0 aromatic heterocycles. The van der Waals surface area contributed by atoms with E-state index in [0.29, 0.717) is 23.2 Å². The first-order valence-electron chi connectivity index (χ1n) is 17.8. The number of hydrogen-bond acceptors (Lipinski definition) is 15. The zero-order chi connectivity index (χ0) is 45.1. The van der Waals surface area contributed by atoms with Crippen LogP contribution in [0.2, 0.25) is 0 Å². The predicted molar refractivity (Wildman–Crippen MR) is 214 cm³/mol. The maximum Gasteiger partial charge on any atom is 0.425 e. The lowest BCUT2D eigenvalue weighted by atomic mass is 9.79. The molecule has 18 nitrogen and oxygen atoms in total. The fourth-order valence-electron chi connectivity index (χ4n) is 7.10. The number of hydrogen-bond donors (Lipinski definition) is 2. The molecule has 2 aromatic carbocycles. The van der Waals surface area contributed by atoms with Crippen LogP contribution >= 0.6 is 0 Å². The van der Waals surface area contributed by atoms with Crippen LogP contribution in [0.4, 0.5) is 11.4 Å². The summed E-state index contributed by atoms with van der Waals surface area (Å²) in [5.74, 6) is -2.51. The number of fused-ring (bicyclic) bond motifs is 2. The molecule has 2 N–H and O–H groups in total. The van der Waals surface area contributed by atoms with Crippen molar-refractivity contribution < 1.29 is 75.2 Å². The van der Waals surface area contributed by atoms with Gasteiger partial charge in [0.2, 0.25) is 5.69 Å². The van der Waals surface area contributed by atoms with Gasteiger partial charge >= 0.3 is 33.2 Å². The van der Waals surface area contributed by atoms with Gasteiger partial charge in [-0.3, -0.25) is 4.55 Å². The number of carbonyl (C=O) groups excluding carboxylic acids is 1. The maximum atomic E-state index is 13.1. The Hall–Kier alpha value is -4.87. The minimum absolute atomic E-state index is 0.0754. The highest BCUT2D eigenvalue weighted by atomic mass is 32.2. The lowest BCUT2D eigenvalue weighted by molar-refractivity contribution is -0.437. The number of anilines is 1. The van der Waals surface area contributed by atoms with E-state index < -0.39 is 75.7 Å². The van der Waals surface area contributed by atoms with Gasteiger partial charge in [0.1, 0.15) is 6.54 Å². The number of rotatable bonds is 15. The summed E-state index contributed by atoms with van der Waals surface area (Å²) in [7, 11) is -14.9. The first-order chi connectivity index (χ1) is 27.2. The van der Waals surface area contributed by atoms with Gasteiger partial charge in [-0.15, -0.1) is 25.3 Å². The van der Waals surface area contributed by atoms with Gasteiger partial charge in [-0.2, -0.15) is 13.0 Å². The van der Waals surface area contributed by atoms with Crippen LogP contribution in [0.1, 0.15) is 91.3 Å². The molecular weight excluding hydrogens is 857 g/mol. The number of allylic oxidation sites excluding steroid dienone is 6. The summed E-state index contributed by atoms with van der Waals surface area (Å²) in [6, 6.07) is 8.79. The Labute approximate surface area is 346 Å². The molecule has 0 fully saturated rings. The third-order valence-corrected chi connectivity index (χ3v) is 10.8. The Kier molecular flexibility index (Phi) is 17.8. The summed E-state index contributed by atoms with van der Waals surface area (Å²) < 4.78 is 125. The summed E-state index contributed by atoms with van der Waals surface area (Å²) in [5.41, 5.74) is 4.05. The Morgan fingerprint density at radius 3 is 2.03 bits per heavy atom. The van der Waals surface area contributed by atoms with E-state index in [9.17, 15) is 40.6 Å². The normalized spacial score (nSPS) is 15.9. The molecule has 0 atom stereocenters. The third kappa shape index (κ3) is 14.1. The number of carboxylic acid groups (broad SMARTS) is 1. The molecular formula is C37H46N2O16S4. The van der Waals surface area contributed by atoms with Crippen LogP contribution in [0.25, 0.3) is 0 Å². The number of carbonyl (C=O) groups is 2. The minimum atomic E-state index is -4.44. The Morgan fingerprint density at radius 1 is 0.881 bits per heavy atom. The quantitative estimate of drug-likeness (QED) is 0.112. The van der Waals surface area contributed by atoms with Crippen molar-refractivity contribution in [2.24, 2.45) is 0 Å². The van der Waals surface area contributed by atoms with Crippen LogP contribution in [0.15, 0.2) is 66.4 Å². The van der Waals surface area contributed by atoms with Gasteiger partial charge in [-0.1, -0.05) is 45.1 Å². The number of carboxylic acids is 1. The van der Waals surface area contributed by atoms with Gasteiger partial charge < -0.3 is 19.3 Å². The average molecular weight is 903 g/mol. The number of ether oxygens (including phenoxy) is 1. The second-order valence-corrected chi connectivity index (χ2v) is 18.2. The van der Waals surface area contributed by atoms with Crippen molar-refractivity contribution in [3.05, 3.63) is 94.2 Å². The van der Waals surface area contributed by atoms with Crippen molar-refractivity contribution in [1.82, 2.24) is 0 Å². The molecule has 0 unspecified atom stereocenters. The van der Waals surface area contributed by atoms with Gasteiger partial charge in [0.05, 0.1) is 44.6 Å². The molecule has 2 aliphatic rings. The summed E-state index contributed by atoms with van der Waals surface area (Å²) in [4.78, 5) is 27.3. The molecule has 0 spiro atoms. The molecule has 22 heteroatoms. The van der Waals surface area contributed by atoms with E-state index >= 15 is 0 Å². The van der Waals surface area contributed by atoms with Crippen molar-refractivity contribution >= 4 is 70.5 Å². The average Bonchev–Trinajstić information content (AvgIpc) is 3.43. The second-order valence-electron chi connectivity index (χ2n) is 14.2. The van der Waals surface area contributed by atoms with Gasteiger partial charge in [0.25, 0.3) is 10.1 Å². The van der Waals surface area contributed by atoms with Crippen LogP contribution in [0, 0.1) is 6.92 Å². The lowest BCUT2D eigenvalue weighted by Gasteiger charge is -2.27. The molecule has 0 radical (unpaired) electrons. The Bertz CT molecular complexity index is 2480. The van der Waals surface area contributed by atoms with Crippen LogP contribution < -0.4 is 4.90 Å². The number of esters is 1. The highest BCUT2D eigenvalue weighted by molar-refractivity contribution is 7.85. The SMILES string of the molecule is CCCOC(=O)c1cccc2c1C(C)(C)C(/C=C/C=C/C=C1/N(CCCS(=O)(=O)O)c3cc(C)cc(C(=O)O)c3C1(C)C)=[N+]2CCCS(=O)(=O)[O-].O=S(=O)=O.O=S(=O)=O. The van der Waals surface area contributed by atoms with Crippen LogP contribution in [0.5, 0.6) is 0 Å². The Morgan fingerprint density at radius 2 is 1.49 bits per heavy atom. The van der Waals surface area contributed by atoms with Crippen molar-refractivity contribution in [3.63, 3.8) is 0 Å². The highest BCUT2D eigenvalue weighted by Gasteiger charge is 2.47. The zero-order valence-corrected chi connectivity index (χ0v) is 36.3. The molecule has 2 aliphatic heterocycles. The lowest BCUT2D eigenvalue weighted by Crippen LogP contribution is -2.29. The Balaban J connectivity index is 0.00000137. The van der Waals surface area contributed by atoms with E-state index in [4.69, 9.17) is 30.0 Å². The minimum Gasteiger partial charge on any atom is -0.748 e. The predicted octanol–water partition coefficient (Wildman–Crippen LogP) is 3.64. The van der Waals surface area contributed by atoms with Gasteiger partial charge in [0, 0.05) is 53.2 Å². The number of aryl methyl sites for hydroxylation is 1. The van der Waals surface area contributed by atoms with E-state index in [1.165, 1.54) is 0 Å². The third-order valence-electron chi connectivity index (χ3n) is 9.18. The number of aromatic carboxylic acids is 1. The molecule has 59 heavy (non-hydrogen) atoms. The highest BCUT2D eigenvalue weighted by Crippen LogP contribution is 2.50. The fourth-order valence-corrected chi connectivity index (χ4v) is 8.08. The molecule has 0 bridgehead atoms. The summed E-state index contributed by atoms with van der Waals surface area (Å²) in [6.07, 6.45) is 9.94. The number of nitrogens with zero attached hydrogens (tertiary/aromatic N) is 2. The summed E-state index contributed by atoms with van der Waals surface area (Å²) in [5, 5.41) is 10.1.